The average Bonchev–Trinajstić information content (AvgIpc) is 2.59. The lowest BCUT2D eigenvalue weighted by Gasteiger charge is -2.35. The lowest BCUT2D eigenvalue weighted by atomic mass is 10.1. The number of aryl methyl sites for hydroxylation is 3. The highest BCUT2D eigenvalue weighted by atomic mass is 35.5. The van der Waals surface area contributed by atoms with Crippen molar-refractivity contribution in [3.8, 4) is 0 Å². The van der Waals surface area contributed by atoms with E-state index in [-0.39, 0.29) is 5.91 Å². The molecule has 2 aromatic carbocycles. The number of piperazine rings is 1. The number of anilines is 2. The average molecular weight is 372 g/mol. The largest absolute Gasteiger partial charge is 0.369 e. The minimum Gasteiger partial charge on any atom is -0.369 e. The Morgan fingerprint density at radius 1 is 1.04 bits per heavy atom. The summed E-state index contributed by atoms with van der Waals surface area (Å²) in [6.45, 7) is 10.1. The minimum absolute atomic E-state index is 0.0521. The molecule has 1 N–H and O–H groups in total. The van der Waals surface area contributed by atoms with E-state index in [2.05, 4.69) is 40.2 Å². The molecule has 1 aliphatic heterocycles. The van der Waals surface area contributed by atoms with E-state index in [1.165, 1.54) is 5.56 Å². The molecule has 0 atom stereocenters. The van der Waals surface area contributed by atoms with Crippen molar-refractivity contribution in [2.75, 3.05) is 42.9 Å². The molecule has 26 heavy (non-hydrogen) atoms. The van der Waals surface area contributed by atoms with Gasteiger partial charge in [-0.15, -0.1) is 0 Å². The Kier molecular flexibility index (Phi) is 5.84. The molecule has 2 aromatic rings. The standard InChI is InChI=1S/C21H26ClN3O/c1-15-11-16(2)21(17(3)12-15)23-20(26)14-24-7-9-25(10-8-24)19-6-4-5-18(22)13-19/h4-6,11-13H,7-10,14H2,1-3H3,(H,23,26). The molecule has 0 aromatic heterocycles. The molecule has 1 saturated heterocycles. The van der Waals surface area contributed by atoms with Gasteiger partial charge in [0.2, 0.25) is 5.91 Å². The SMILES string of the molecule is Cc1cc(C)c(NC(=O)CN2CCN(c3cccc(Cl)c3)CC2)c(C)c1. The van der Waals surface area contributed by atoms with Crippen LogP contribution in [0, 0.1) is 20.8 Å². The van der Waals surface area contributed by atoms with Crippen LogP contribution >= 0.6 is 11.6 Å². The van der Waals surface area contributed by atoms with Crippen LogP contribution in [0.15, 0.2) is 36.4 Å². The Hall–Kier alpha value is -2.04. The Morgan fingerprint density at radius 2 is 1.69 bits per heavy atom. The number of rotatable bonds is 4. The molecule has 0 aliphatic carbocycles. The zero-order chi connectivity index (χ0) is 18.7. The number of nitrogens with zero attached hydrogens (tertiary/aromatic N) is 2. The van der Waals surface area contributed by atoms with Crippen LogP contribution in [0.2, 0.25) is 5.02 Å². The van der Waals surface area contributed by atoms with Gasteiger partial charge < -0.3 is 10.2 Å². The Balaban J connectivity index is 1.54. The molecule has 1 aliphatic rings. The first kappa shape index (κ1) is 18.7. The van der Waals surface area contributed by atoms with E-state index in [1.54, 1.807) is 0 Å². The molecule has 0 radical (unpaired) electrons. The fourth-order valence-corrected chi connectivity index (χ4v) is 3.78. The number of hydrogen-bond acceptors (Lipinski definition) is 3. The fourth-order valence-electron chi connectivity index (χ4n) is 3.60. The van der Waals surface area contributed by atoms with Crippen molar-refractivity contribution in [3.05, 3.63) is 58.1 Å². The topological polar surface area (TPSA) is 35.6 Å². The summed E-state index contributed by atoms with van der Waals surface area (Å²) in [5, 5.41) is 3.85. The number of carbonyl (C=O) groups excluding carboxylic acids is 1. The van der Waals surface area contributed by atoms with Gasteiger partial charge in [-0.2, -0.15) is 0 Å². The van der Waals surface area contributed by atoms with Crippen LogP contribution in [0.25, 0.3) is 0 Å². The zero-order valence-electron chi connectivity index (χ0n) is 15.7. The van der Waals surface area contributed by atoms with Gasteiger partial charge in [0, 0.05) is 42.6 Å². The van der Waals surface area contributed by atoms with Gasteiger partial charge in [-0.1, -0.05) is 35.4 Å². The highest BCUT2D eigenvalue weighted by molar-refractivity contribution is 6.30. The van der Waals surface area contributed by atoms with Crippen LogP contribution in [0.4, 0.5) is 11.4 Å². The summed E-state index contributed by atoms with van der Waals surface area (Å²) in [5.74, 6) is 0.0521. The molecule has 0 spiro atoms. The Labute approximate surface area is 160 Å². The second-order valence-electron chi connectivity index (χ2n) is 7.06. The maximum absolute atomic E-state index is 12.5. The van der Waals surface area contributed by atoms with Gasteiger partial charge in [-0.3, -0.25) is 9.69 Å². The van der Waals surface area contributed by atoms with E-state index in [9.17, 15) is 4.79 Å². The number of benzene rings is 2. The molecular weight excluding hydrogens is 346 g/mol. The first-order valence-electron chi connectivity index (χ1n) is 9.03. The maximum Gasteiger partial charge on any atom is 0.238 e. The van der Waals surface area contributed by atoms with E-state index in [0.717, 1.165) is 53.7 Å². The van der Waals surface area contributed by atoms with E-state index in [1.807, 2.05) is 32.0 Å². The normalized spacial score (nSPS) is 15.2. The second kappa shape index (κ2) is 8.11. The van der Waals surface area contributed by atoms with Gasteiger partial charge >= 0.3 is 0 Å². The second-order valence-corrected chi connectivity index (χ2v) is 7.50. The molecule has 1 heterocycles. The number of amides is 1. The fraction of sp³-hybridized carbons (Fsp3) is 0.381. The van der Waals surface area contributed by atoms with Crippen LogP contribution in [-0.4, -0.2) is 43.5 Å². The van der Waals surface area contributed by atoms with E-state index in [4.69, 9.17) is 11.6 Å². The molecule has 0 saturated carbocycles. The predicted octanol–water partition coefficient (Wildman–Crippen LogP) is 4.03. The summed E-state index contributed by atoms with van der Waals surface area (Å²) in [5.41, 5.74) is 5.53. The molecular formula is C21H26ClN3O. The van der Waals surface area contributed by atoms with Crippen molar-refractivity contribution in [1.29, 1.82) is 0 Å². The smallest absolute Gasteiger partial charge is 0.238 e. The Morgan fingerprint density at radius 3 is 2.31 bits per heavy atom. The molecule has 3 rings (SSSR count). The van der Waals surface area contributed by atoms with Crippen molar-refractivity contribution in [3.63, 3.8) is 0 Å². The summed E-state index contributed by atoms with van der Waals surface area (Å²) in [6, 6.07) is 12.1. The van der Waals surface area contributed by atoms with Crippen LogP contribution in [0.1, 0.15) is 16.7 Å². The number of hydrogen-bond donors (Lipinski definition) is 1. The lowest BCUT2D eigenvalue weighted by molar-refractivity contribution is -0.117. The number of halogens is 1. The molecule has 0 unspecified atom stereocenters. The van der Waals surface area contributed by atoms with Crippen molar-refractivity contribution >= 4 is 28.9 Å². The van der Waals surface area contributed by atoms with Crippen molar-refractivity contribution in [2.24, 2.45) is 0 Å². The van der Waals surface area contributed by atoms with Gasteiger partial charge in [0.05, 0.1) is 6.54 Å². The third-order valence-corrected chi connectivity index (χ3v) is 5.09. The molecule has 1 amide bonds. The number of carbonyl (C=O) groups is 1. The lowest BCUT2D eigenvalue weighted by Crippen LogP contribution is -2.48. The van der Waals surface area contributed by atoms with Crippen LogP contribution in [0.5, 0.6) is 0 Å². The third-order valence-electron chi connectivity index (χ3n) is 4.85. The van der Waals surface area contributed by atoms with Crippen molar-refractivity contribution in [1.82, 2.24) is 4.90 Å². The van der Waals surface area contributed by atoms with E-state index < -0.39 is 0 Å². The summed E-state index contributed by atoms with van der Waals surface area (Å²) < 4.78 is 0. The van der Waals surface area contributed by atoms with Gasteiger partial charge in [-0.05, 0) is 50.1 Å². The minimum atomic E-state index is 0.0521. The van der Waals surface area contributed by atoms with E-state index >= 15 is 0 Å². The molecule has 0 bridgehead atoms. The first-order valence-corrected chi connectivity index (χ1v) is 9.41. The first-order chi connectivity index (χ1) is 12.4. The van der Waals surface area contributed by atoms with Crippen LogP contribution in [0.3, 0.4) is 0 Å². The summed E-state index contributed by atoms with van der Waals surface area (Å²) in [6.07, 6.45) is 0. The quantitative estimate of drug-likeness (QED) is 0.881. The van der Waals surface area contributed by atoms with Gasteiger partial charge in [0.15, 0.2) is 0 Å². The van der Waals surface area contributed by atoms with Gasteiger partial charge in [-0.25, -0.2) is 0 Å². The van der Waals surface area contributed by atoms with Crippen molar-refractivity contribution < 1.29 is 4.79 Å². The highest BCUT2D eigenvalue weighted by Crippen LogP contribution is 2.23. The molecule has 4 nitrogen and oxygen atoms in total. The highest BCUT2D eigenvalue weighted by Gasteiger charge is 2.20. The molecule has 5 heteroatoms. The molecule has 138 valence electrons. The van der Waals surface area contributed by atoms with Crippen LogP contribution < -0.4 is 10.2 Å². The third kappa shape index (κ3) is 4.57. The van der Waals surface area contributed by atoms with Crippen molar-refractivity contribution in [2.45, 2.75) is 20.8 Å². The number of nitrogens with one attached hydrogen (secondary N) is 1. The summed E-state index contributed by atoms with van der Waals surface area (Å²) >= 11 is 6.08. The molecule has 1 fully saturated rings. The Bertz CT molecular complexity index is 775. The summed E-state index contributed by atoms with van der Waals surface area (Å²) in [7, 11) is 0. The van der Waals surface area contributed by atoms with E-state index in [0.29, 0.717) is 6.54 Å². The maximum atomic E-state index is 12.5. The van der Waals surface area contributed by atoms with Gasteiger partial charge in [0.1, 0.15) is 0 Å². The summed E-state index contributed by atoms with van der Waals surface area (Å²) in [4.78, 5) is 17.0. The predicted molar refractivity (Wildman–Crippen MR) is 109 cm³/mol. The zero-order valence-corrected chi connectivity index (χ0v) is 16.4. The van der Waals surface area contributed by atoms with Crippen LogP contribution in [-0.2, 0) is 4.79 Å². The monoisotopic (exact) mass is 371 g/mol. The van der Waals surface area contributed by atoms with Gasteiger partial charge in [0.25, 0.3) is 0 Å².